The van der Waals surface area contributed by atoms with Gasteiger partial charge in [0.15, 0.2) is 5.11 Å². The van der Waals surface area contributed by atoms with E-state index in [0.29, 0.717) is 11.7 Å². The number of benzene rings is 2. The maximum absolute atomic E-state index is 5.94. The lowest BCUT2D eigenvalue weighted by Gasteiger charge is -2.11. The van der Waals surface area contributed by atoms with Crippen LogP contribution in [0.3, 0.4) is 0 Å². The van der Waals surface area contributed by atoms with Crippen molar-refractivity contribution in [3.05, 3.63) is 71.5 Å². The molecule has 0 unspecified atom stereocenters. The number of hydrogen-bond acceptors (Lipinski definition) is 3. The number of ether oxygens (including phenoxy) is 1. The summed E-state index contributed by atoms with van der Waals surface area (Å²) in [6, 6.07) is 17.9. The molecule has 0 spiro atoms. The summed E-state index contributed by atoms with van der Waals surface area (Å²) < 4.78 is 7.93. The molecule has 0 atom stereocenters. The zero-order valence-corrected chi connectivity index (χ0v) is 17.3. The molecule has 2 N–H and O–H groups in total. The number of thiocarbonyl (C=S) groups is 1. The van der Waals surface area contributed by atoms with Crippen LogP contribution in [0.1, 0.15) is 30.3 Å². The fraction of sp³-hybridized carbons (Fsp3) is 0.273. The van der Waals surface area contributed by atoms with Gasteiger partial charge in [-0.2, -0.15) is 5.10 Å². The van der Waals surface area contributed by atoms with Crippen LogP contribution in [-0.2, 0) is 6.54 Å². The van der Waals surface area contributed by atoms with Crippen molar-refractivity contribution in [3.8, 4) is 11.5 Å². The van der Waals surface area contributed by atoms with E-state index in [2.05, 4.69) is 35.6 Å². The number of para-hydroxylation sites is 1. The van der Waals surface area contributed by atoms with Gasteiger partial charge in [0, 0.05) is 6.54 Å². The summed E-state index contributed by atoms with van der Waals surface area (Å²) in [5, 5.41) is 11.8. The van der Waals surface area contributed by atoms with E-state index in [9.17, 15) is 0 Å². The molecule has 1 aromatic heterocycles. The van der Waals surface area contributed by atoms with E-state index >= 15 is 0 Å². The molecule has 5 nitrogen and oxygen atoms in total. The molecule has 0 amide bonds. The molecule has 0 aliphatic rings. The van der Waals surface area contributed by atoms with Crippen LogP contribution < -0.4 is 15.4 Å². The summed E-state index contributed by atoms with van der Waals surface area (Å²) in [6.45, 7) is 7.67. The first-order chi connectivity index (χ1) is 13.6. The van der Waals surface area contributed by atoms with Gasteiger partial charge in [-0.05, 0) is 62.3 Å². The summed E-state index contributed by atoms with van der Waals surface area (Å²) in [5.74, 6) is 1.64. The van der Waals surface area contributed by atoms with Crippen LogP contribution in [-0.4, -0.2) is 21.4 Å². The van der Waals surface area contributed by atoms with Crippen molar-refractivity contribution >= 4 is 23.0 Å². The van der Waals surface area contributed by atoms with E-state index in [1.807, 2.05) is 60.1 Å². The van der Waals surface area contributed by atoms with E-state index in [1.54, 1.807) is 0 Å². The summed E-state index contributed by atoms with van der Waals surface area (Å²) >= 11 is 5.36. The summed E-state index contributed by atoms with van der Waals surface area (Å²) in [4.78, 5) is 0. The number of aromatic nitrogens is 2. The zero-order chi connectivity index (χ0) is 19.9. The Bertz CT molecular complexity index is 937. The van der Waals surface area contributed by atoms with Crippen LogP contribution in [0.25, 0.3) is 0 Å². The molecule has 0 aliphatic carbocycles. The Labute approximate surface area is 171 Å². The average molecular weight is 395 g/mol. The van der Waals surface area contributed by atoms with Gasteiger partial charge in [-0.1, -0.05) is 37.3 Å². The number of aryl methyl sites for hydroxylation is 1. The van der Waals surface area contributed by atoms with Gasteiger partial charge >= 0.3 is 0 Å². The highest BCUT2D eigenvalue weighted by Gasteiger charge is 2.13. The average Bonchev–Trinajstić information content (AvgIpc) is 2.95. The predicted octanol–water partition coefficient (Wildman–Crippen LogP) is 5.04. The lowest BCUT2D eigenvalue weighted by Crippen LogP contribution is -2.29. The molecule has 2 aromatic carbocycles. The number of anilines is 1. The Hall–Kier alpha value is -2.86. The molecular weight excluding hydrogens is 368 g/mol. The SMILES string of the molecule is CCCNC(=S)Nc1c(C)nn(Cc2cccc(Oc3ccccc3)c2)c1C. The summed E-state index contributed by atoms with van der Waals surface area (Å²) in [5.41, 5.74) is 4.06. The van der Waals surface area contributed by atoms with E-state index in [1.165, 1.54) is 0 Å². The highest BCUT2D eigenvalue weighted by Crippen LogP contribution is 2.24. The molecule has 6 heteroatoms. The lowest BCUT2D eigenvalue weighted by atomic mass is 10.2. The third-order valence-electron chi connectivity index (χ3n) is 4.37. The fourth-order valence-corrected chi connectivity index (χ4v) is 3.14. The molecule has 0 fully saturated rings. The van der Waals surface area contributed by atoms with E-state index < -0.39 is 0 Å². The fourth-order valence-electron chi connectivity index (χ4n) is 2.93. The Kier molecular flexibility index (Phi) is 6.66. The maximum Gasteiger partial charge on any atom is 0.170 e. The van der Waals surface area contributed by atoms with E-state index in [-0.39, 0.29) is 0 Å². The van der Waals surface area contributed by atoms with Crippen molar-refractivity contribution in [2.45, 2.75) is 33.7 Å². The van der Waals surface area contributed by atoms with Crippen molar-refractivity contribution in [1.82, 2.24) is 15.1 Å². The summed E-state index contributed by atoms with van der Waals surface area (Å²) in [6.07, 6.45) is 1.03. The first kappa shape index (κ1) is 19.9. The van der Waals surface area contributed by atoms with Gasteiger partial charge in [-0.3, -0.25) is 4.68 Å². The smallest absolute Gasteiger partial charge is 0.170 e. The van der Waals surface area contributed by atoms with Gasteiger partial charge < -0.3 is 15.4 Å². The quantitative estimate of drug-likeness (QED) is 0.550. The van der Waals surface area contributed by atoms with Gasteiger partial charge in [-0.15, -0.1) is 0 Å². The van der Waals surface area contributed by atoms with Crippen molar-refractivity contribution in [3.63, 3.8) is 0 Å². The Morgan fingerprint density at radius 1 is 1.07 bits per heavy atom. The van der Waals surface area contributed by atoms with Gasteiger partial charge in [-0.25, -0.2) is 0 Å². The first-order valence-corrected chi connectivity index (χ1v) is 9.88. The minimum Gasteiger partial charge on any atom is -0.457 e. The van der Waals surface area contributed by atoms with Gasteiger partial charge in [0.05, 0.1) is 23.6 Å². The Balaban J connectivity index is 1.72. The molecule has 3 rings (SSSR count). The molecular formula is C22H26N4OS. The number of rotatable bonds is 7. The minimum absolute atomic E-state index is 0.630. The van der Waals surface area contributed by atoms with Crippen molar-refractivity contribution < 1.29 is 4.74 Å². The van der Waals surface area contributed by atoms with Gasteiger partial charge in [0.25, 0.3) is 0 Å². The monoisotopic (exact) mass is 394 g/mol. The van der Waals surface area contributed by atoms with Gasteiger partial charge in [0.2, 0.25) is 0 Å². The second kappa shape index (κ2) is 9.37. The lowest BCUT2D eigenvalue weighted by molar-refractivity contribution is 0.481. The molecule has 146 valence electrons. The summed E-state index contributed by atoms with van der Waals surface area (Å²) in [7, 11) is 0. The number of nitrogens with one attached hydrogen (secondary N) is 2. The molecule has 0 aliphatic heterocycles. The van der Waals surface area contributed by atoms with Crippen LogP contribution in [0, 0.1) is 13.8 Å². The molecule has 3 aromatic rings. The third kappa shape index (κ3) is 5.10. The van der Waals surface area contributed by atoms with Crippen LogP contribution >= 0.6 is 12.2 Å². The number of nitrogens with zero attached hydrogens (tertiary/aromatic N) is 2. The zero-order valence-electron chi connectivity index (χ0n) is 16.5. The normalized spacial score (nSPS) is 10.5. The van der Waals surface area contributed by atoms with E-state index in [0.717, 1.165) is 47.1 Å². The molecule has 1 heterocycles. The third-order valence-corrected chi connectivity index (χ3v) is 4.61. The largest absolute Gasteiger partial charge is 0.457 e. The van der Waals surface area contributed by atoms with Gasteiger partial charge in [0.1, 0.15) is 11.5 Å². The molecule has 0 radical (unpaired) electrons. The van der Waals surface area contributed by atoms with Crippen LogP contribution in [0.2, 0.25) is 0 Å². The highest BCUT2D eigenvalue weighted by atomic mass is 32.1. The maximum atomic E-state index is 5.94. The van der Waals surface area contributed by atoms with Crippen LogP contribution in [0.4, 0.5) is 5.69 Å². The second-order valence-electron chi connectivity index (χ2n) is 6.65. The van der Waals surface area contributed by atoms with Crippen molar-refractivity contribution in [2.75, 3.05) is 11.9 Å². The molecule has 0 bridgehead atoms. The second-order valence-corrected chi connectivity index (χ2v) is 7.06. The standard InChI is InChI=1S/C22H26N4OS/c1-4-13-23-22(28)24-21-16(2)25-26(17(21)3)15-18-9-8-12-20(14-18)27-19-10-6-5-7-11-19/h5-12,14H,4,13,15H2,1-3H3,(H2,23,24,28). The predicted molar refractivity (Wildman–Crippen MR) is 118 cm³/mol. The Morgan fingerprint density at radius 2 is 1.82 bits per heavy atom. The first-order valence-electron chi connectivity index (χ1n) is 9.47. The number of hydrogen-bond donors (Lipinski definition) is 2. The van der Waals surface area contributed by atoms with Crippen molar-refractivity contribution in [2.24, 2.45) is 0 Å². The molecule has 28 heavy (non-hydrogen) atoms. The van der Waals surface area contributed by atoms with Crippen LogP contribution in [0.5, 0.6) is 11.5 Å². The molecule has 0 saturated carbocycles. The molecule has 0 saturated heterocycles. The van der Waals surface area contributed by atoms with E-state index in [4.69, 9.17) is 17.0 Å². The highest BCUT2D eigenvalue weighted by molar-refractivity contribution is 7.80. The topological polar surface area (TPSA) is 51.1 Å². The van der Waals surface area contributed by atoms with Crippen LogP contribution in [0.15, 0.2) is 54.6 Å². The van der Waals surface area contributed by atoms with Crippen molar-refractivity contribution in [1.29, 1.82) is 0 Å². The minimum atomic E-state index is 0.630. The Morgan fingerprint density at radius 3 is 2.57 bits per heavy atom.